The topological polar surface area (TPSA) is 84.7 Å². The van der Waals surface area contributed by atoms with Crippen molar-refractivity contribution < 1.29 is 17.9 Å². The van der Waals surface area contributed by atoms with Crippen LogP contribution in [0.2, 0.25) is 0 Å². The molecular weight excluding hydrogens is 392 g/mol. The molecule has 9 heteroatoms. The van der Waals surface area contributed by atoms with Gasteiger partial charge in [-0.25, -0.2) is 8.42 Å². The average molecular weight is 421 g/mol. The van der Waals surface area contributed by atoms with E-state index < -0.39 is 10.0 Å². The number of hydrogen-bond acceptors (Lipinski definition) is 5. The largest absolute Gasteiger partial charge is 0.367 e. The summed E-state index contributed by atoms with van der Waals surface area (Å²) in [6.07, 6.45) is 0.585. The lowest BCUT2D eigenvalue weighted by molar-refractivity contribution is -0.136. The molecule has 158 valence electrons. The van der Waals surface area contributed by atoms with Crippen LogP contribution in [0.25, 0.3) is 0 Å². The molecule has 1 aliphatic rings. The first-order chi connectivity index (χ1) is 13.8. The maximum Gasteiger partial charge on any atom is 0.248 e. The molecule has 1 amide bonds. The number of hydrogen-bond donors (Lipinski definition) is 0. The van der Waals surface area contributed by atoms with Gasteiger partial charge in [0.1, 0.15) is 11.5 Å². The molecule has 2 aromatic rings. The molecular formula is C20H28N4O4S. The second-order valence-corrected chi connectivity index (χ2v) is 9.12. The number of carbonyl (C=O) groups excluding carboxylic acids is 1. The Morgan fingerprint density at radius 3 is 2.48 bits per heavy atom. The van der Waals surface area contributed by atoms with Gasteiger partial charge in [0, 0.05) is 33.2 Å². The van der Waals surface area contributed by atoms with Gasteiger partial charge in [-0.1, -0.05) is 30.3 Å². The number of aromatic nitrogens is 2. The van der Waals surface area contributed by atoms with Crippen molar-refractivity contribution in [2.45, 2.75) is 31.8 Å². The lowest BCUT2D eigenvalue weighted by Crippen LogP contribution is -2.39. The Hall–Kier alpha value is -2.23. The van der Waals surface area contributed by atoms with E-state index in [2.05, 4.69) is 5.10 Å². The minimum absolute atomic E-state index is 0.0114. The normalized spacial score (nSPS) is 16.0. The summed E-state index contributed by atoms with van der Waals surface area (Å²) in [7, 11) is -1.91. The van der Waals surface area contributed by atoms with Gasteiger partial charge in [0.15, 0.2) is 0 Å². The highest BCUT2D eigenvalue weighted by Crippen LogP contribution is 2.24. The number of sulfonamides is 1. The fourth-order valence-corrected chi connectivity index (χ4v) is 5.43. The molecule has 1 aromatic carbocycles. The van der Waals surface area contributed by atoms with Gasteiger partial charge in [-0.05, 0) is 25.8 Å². The van der Waals surface area contributed by atoms with E-state index in [0.29, 0.717) is 44.0 Å². The standard InChI is InChI=1S/C20H28N4O4S/c1-16-20(17(2)22(3)21-16)29(26,27)24-11-7-10-23(12-13-24)19(25)15-28-14-18-8-5-4-6-9-18/h4-6,8-9H,7,10-15H2,1-3H3. The van der Waals surface area contributed by atoms with Crippen molar-refractivity contribution in [2.24, 2.45) is 7.05 Å². The summed E-state index contributed by atoms with van der Waals surface area (Å²) in [4.78, 5) is 14.5. The molecule has 0 spiro atoms. The molecule has 0 aliphatic carbocycles. The highest BCUT2D eigenvalue weighted by molar-refractivity contribution is 7.89. The molecule has 2 heterocycles. The Kier molecular flexibility index (Phi) is 6.71. The molecule has 1 aliphatic heterocycles. The summed E-state index contributed by atoms with van der Waals surface area (Å²) in [5.74, 6) is -0.117. The van der Waals surface area contributed by atoms with Gasteiger partial charge in [0.25, 0.3) is 0 Å². The number of rotatable bonds is 6. The van der Waals surface area contributed by atoms with Crippen LogP contribution in [0, 0.1) is 13.8 Å². The summed E-state index contributed by atoms with van der Waals surface area (Å²) in [6, 6.07) is 9.68. The van der Waals surface area contributed by atoms with Crippen molar-refractivity contribution in [3.63, 3.8) is 0 Å². The first-order valence-electron chi connectivity index (χ1n) is 9.70. The van der Waals surface area contributed by atoms with E-state index in [4.69, 9.17) is 4.74 Å². The first kappa shape index (κ1) is 21.5. The van der Waals surface area contributed by atoms with Crippen molar-refractivity contribution >= 4 is 15.9 Å². The van der Waals surface area contributed by atoms with Crippen LogP contribution in [0.5, 0.6) is 0 Å². The van der Waals surface area contributed by atoms with Gasteiger partial charge in [-0.15, -0.1) is 0 Å². The lowest BCUT2D eigenvalue weighted by Gasteiger charge is -2.22. The molecule has 0 atom stereocenters. The van der Waals surface area contributed by atoms with Gasteiger partial charge >= 0.3 is 0 Å². The molecule has 0 N–H and O–H groups in total. The van der Waals surface area contributed by atoms with Crippen LogP contribution in [0.4, 0.5) is 0 Å². The molecule has 1 aromatic heterocycles. The zero-order valence-corrected chi connectivity index (χ0v) is 18.0. The third-order valence-corrected chi connectivity index (χ3v) is 7.34. The highest BCUT2D eigenvalue weighted by Gasteiger charge is 2.32. The predicted octanol–water partition coefficient (Wildman–Crippen LogP) is 1.48. The summed E-state index contributed by atoms with van der Waals surface area (Å²) >= 11 is 0. The molecule has 0 unspecified atom stereocenters. The molecule has 1 fully saturated rings. The maximum absolute atomic E-state index is 13.1. The minimum atomic E-state index is -3.65. The smallest absolute Gasteiger partial charge is 0.248 e. The average Bonchev–Trinajstić information content (AvgIpc) is 2.87. The second kappa shape index (κ2) is 9.06. The molecule has 0 bridgehead atoms. The lowest BCUT2D eigenvalue weighted by atomic mass is 10.2. The van der Waals surface area contributed by atoms with Gasteiger partial charge in [-0.2, -0.15) is 9.40 Å². The summed E-state index contributed by atoms with van der Waals surface area (Å²) in [5, 5.41) is 4.23. The number of aryl methyl sites for hydroxylation is 2. The molecule has 1 saturated heterocycles. The third kappa shape index (κ3) is 4.85. The monoisotopic (exact) mass is 420 g/mol. The minimum Gasteiger partial charge on any atom is -0.367 e. The number of nitrogens with zero attached hydrogens (tertiary/aromatic N) is 4. The Morgan fingerprint density at radius 2 is 1.83 bits per heavy atom. The molecule has 0 radical (unpaired) electrons. The van der Waals surface area contributed by atoms with Crippen molar-refractivity contribution in [1.82, 2.24) is 19.0 Å². The van der Waals surface area contributed by atoms with E-state index in [1.54, 1.807) is 30.5 Å². The number of carbonyl (C=O) groups is 1. The van der Waals surface area contributed by atoms with Gasteiger partial charge in [0.2, 0.25) is 15.9 Å². The highest BCUT2D eigenvalue weighted by atomic mass is 32.2. The van der Waals surface area contributed by atoms with Crippen molar-refractivity contribution in [2.75, 3.05) is 32.8 Å². The van der Waals surface area contributed by atoms with E-state index >= 15 is 0 Å². The van der Waals surface area contributed by atoms with Crippen molar-refractivity contribution in [1.29, 1.82) is 0 Å². The van der Waals surface area contributed by atoms with Crippen LogP contribution in [0.3, 0.4) is 0 Å². The second-order valence-electron chi connectivity index (χ2n) is 7.24. The zero-order chi connectivity index (χ0) is 21.0. The molecule has 29 heavy (non-hydrogen) atoms. The molecule has 8 nitrogen and oxygen atoms in total. The third-order valence-electron chi connectivity index (χ3n) is 5.19. The van der Waals surface area contributed by atoms with E-state index in [1.165, 1.54) is 4.31 Å². The van der Waals surface area contributed by atoms with E-state index in [1.807, 2.05) is 30.3 Å². The van der Waals surface area contributed by atoms with Crippen LogP contribution in [-0.2, 0) is 33.2 Å². The Labute approximate surface area is 172 Å². The van der Waals surface area contributed by atoms with Gasteiger partial charge < -0.3 is 9.64 Å². The molecule has 0 saturated carbocycles. The zero-order valence-electron chi connectivity index (χ0n) is 17.2. The summed E-state index contributed by atoms with van der Waals surface area (Å²) in [5.41, 5.74) is 2.13. The molecule has 3 rings (SSSR count). The summed E-state index contributed by atoms with van der Waals surface area (Å²) in [6.45, 7) is 5.34. The van der Waals surface area contributed by atoms with Crippen LogP contribution in [-0.4, -0.2) is 66.1 Å². The van der Waals surface area contributed by atoms with Gasteiger partial charge in [0.05, 0.1) is 18.0 Å². The van der Waals surface area contributed by atoms with Crippen molar-refractivity contribution in [3.8, 4) is 0 Å². The van der Waals surface area contributed by atoms with Crippen LogP contribution in [0.1, 0.15) is 23.4 Å². The number of ether oxygens (including phenoxy) is 1. The van der Waals surface area contributed by atoms with E-state index in [9.17, 15) is 13.2 Å². The maximum atomic E-state index is 13.1. The van der Waals surface area contributed by atoms with E-state index in [0.717, 1.165) is 5.56 Å². The first-order valence-corrected chi connectivity index (χ1v) is 11.1. The quantitative estimate of drug-likeness (QED) is 0.707. The Balaban J connectivity index is 1.59. The number of benzene rings is 1. The predicted molar refractivity (Wildman–Crippen MR) is 109 cm³/mol. The van der Waals surface area contributed by atoms with Crippen LogP contribution in [0.15, 0.2) is 35.2 Å². The van der Waals surface area contributed by atoms with Crippen LogP contribution >= 0.6 is 0 Å². The van der Waals surface area contributed by atoms with E-state index in [-0.39, 0.29) is 24.0 Å². The fraction of sp³-hybridized carbons (Fsp3) is 0.500. The van der Waals surface area contributed by atoms with Crippen molar-refractivity contribution in [3.05, 3.63) is 47.3 Å². The summed E-state index contributed by atoms with van der Waals surface area (Å²) < 4.78 is 34.9. The number of amides is 1. The Bertz CT molecular complexity index is 956. The van der Waals surface area contributed by atoms with Gasteiger partial charge in [-0.3, -0.25) is 9.48 Å². The Morgan fingerprint density at radius 1 is 1.10 bits per heavy atom. The SMILES string of the molecule is Cc1nn(C)c(C)c1S(=O)(=O)N1CCCN(C(=O)COCc2ccccc2)CC1. The fourth-order valence-electron chi connectivity index (χ4n) is 3.56. The van der Waals surface area contributed by atoms with Crippen LogP contribution < -0.4 is 0 Å².